The average Bonchev–Trinajstić information content (AvgIpc) is 2.25. The van der Waals surface area contributed by atoms with Crippen LogP contribution in [0.5, 0.6) is 5.75 Å². The molecule has 0 amide bonds. The number of nitrogen functional groups attached to an aromatic ring is 1. The molecule has 0 saturated heterocycles. The molecule has 2 N–H and O–H groups in total. The summed E-state index contributed by atoms with van der Waals surface area (Å²) >= 11 is 0. The predicted molar refractivity (Wildman–Crippen MR) is 61.3 cm³/mol. The van der Waals surface area contributed by atoms with Crippen LogP contribution in [0.2, 0.25) is 0 Å². The molecule has 0 heterocycles. The Morgan fingerprint density at radius 3 is 2.53 bits per heavy atom. The first-order valence-corrected chi connectivity index (χ1v) is 5.05. The van der Waals surface area contributed by atoms with Gasteiger partial charge in [-0.3, -0.25) is 0 Å². The molecule has 0 spiro atoms. The number of nitrogens with two attached hydrogens (primary N) is 1. The zero-order valence-electron chi connectivity index (χ0n) is 9.71. The third-order valence-corrected chi connectivity index (χ3v) is 2.40. The smallest absolute Gasteiger partial charge is 0.390 e. The zero-order chi connectivity index (χ0) is 13.1. The molecule has 0 atom stereocenters. The van der Waals surface area contributed by atoms with Gasteiger partial charge in [0.1, 0.15) is 5.75 Å². The molecule has 96 valence electrons. The Bertz CT molecular complexity index is 379. The van der Waals surface area contributed by atoms with Crippen molar-refractivity contribution in [3.63, 3.8) is 0 Å². The molecule has 1 rings (SSSR count). The third kappa shape index (κ3) is 3.72. The Labute approximate surface area is 98.0 Å². The van der Waals surface area contributed by atoms with Gasteiger partial charge < -0.3 is 15.4 Å². The molecular formula is C11H15F3N2O. The average molecular weight is 248 g/mol. The number of rotatable bonds is 4. The van der Waals surface area contributed by atoms with Gasteiger partial charge in [0.2, 0.25) is 0 Å². The maximum absolute atomic E-state index is 12.1. The second-order valence-corrected chi connectivity index (χ2v) is 3.68. The van der Waals surface area contributed by atoms with Crippen LogP contribution < -0.4 is 15.4 Å². The lowest BCUT2D eigenvalue weighted by Crippen LogP contribution is -2.24. The summed E-state index contributed by atoms with van der Waals surface area (Å²) in [7, 11) is 3.03. The van der Waals surface area contributed by atoms with Gasteiger partial charge in [-0.15, -0.1) is 0 Å². The van der Waals surface area contributed by atoms with Gasteiger partial charge in [-0.25, -0.2) is 0 Å². The summed E-state index contributed by atoms with van der Waals surface area (Å²) in [5.41, 5.74) is 6.67. The molecular weight excluding hydrogens is 233 g/mol. The Kier molecular flexibility index (Phi) is 4.09. The summed E-state index contributed by atoms with van der Waals surface area (Å²) in [6.45, 7) is -0.138. The quantitative estimate of drug-likeness (QED) is 0.832. The van der Waals surface area contributed by atoms with E-state index >= 15 is 0 Å². The summed E-state index contributed by atoms with van der Waals surface area (Å²) in [6, 6.07) is 5.01. The number of halogens is 3. The number of methoxy groups -OCH3 is 1. The first-order chi connectivity index (χ1) is 7.85. The van der Waals surface area contributed by atoms with Gasteiger partial charge in [0.25, 0.3) is 0 Å². The Morgan fingerprint density at radius 2 is 2.00 bits per heavy atom. The van der Waals surface area contributed by atoms with Crippen LogP contribution >= 0.6 is 0 Å². The monoisotopic (exact) mass is 248 g/mol. The highest BCUT2D eigenvalue weighted by molar-refractivity contribution is 5.73. The number of anilines is 2. The van der Waals surface area contributed by atoms with Crippen molar-refractivity contribution in [3.05, 3.63) is 18.2 Å². The fourth-order valence-electron chi connectivity index (χ4n) is 1.46. The van der Waals surface area contributed by atoms with Crippen LogP contribution in [0.4, 0.5) is 24.5 Å². The SMILES string of the molecule is COc1cccc(N(C)CCC(F)(F)F)c1N. The van der Waals surface area contributed by atoms with E-state index in [1.165, 1.54) is 12.0 Å². The van der Waals surface area contributed by atoms with E-state index in [1.54, 1.807) is 25.2 Å². The molecule has 6 heteroatoms. The molecule has 17 heavy (non-hydrogen) atoms. The van der Waals surface area contributed by atoms with E-state index in [9.17, 15) is 13.2 Å². The third-order valence-electron chi connectivity index (χ3n) is 2.40. The molecule has 0 radical (unpaired) electrons. The van der Waals surface area contributed by atoms with Crippen molar-refractivity contribution in [2.75, 3.05) is 31.3 Å². The van der Waals surface area contributed by atoms with Gasteiger partial charge >= 0.3 is 6.18 Å². The van der Waals surface area contributed by atoms with Crippen LogP contribution in [0.3, 0.4) is 0 Å². The Balaban J connectivity index is 2.79. The van der Waals surface area contributed by atoms with E-state index < -0.39 is 12.6 Å². The van der Waals surface area contributed by atoms with Gasteiger partial charge in [0, 0.05) is 13.6 Å². The van der Waals surface area contributed by atoms with E-state index in [0.717, 1.165) is 0 Å². The largest absolute Gasteiger partial charge is 0.495 e. The van der Waals surface area contributed by atoms with Crippen molar-refractivity contribution in [2.24, 2.45) is 0 Å². The van der Waals surface area contributed by atoms with Crippen LogP contribution in [0.1, 0.15) is 6.42 Å². The summed E-state index contributed by atoms with van der Waals surface area (Å²) in [6.07, 6.45) is -5.04. The highest BCUT2D eigenvalue weighted by atomic mass is 19.4. The molecule has 0 aromatic heterocycles. The lowest BCUT2D eigenvalue weighted by atomic mass is 10.2. The van der Waals surface area contributed by atoms with Crippen molar-refractivity contribution in [2.45, 2.75) is 12.6 Å². The molecule has 0 saturated carbocycles. The molecule has 0 fully saturated rings. The van der Waals surface area contributed by atoms with Gasteiger partial charge in [-0.1, -0.05) is 6.07 Å². The second kappa shape index (κ2) is 5.16. The second-order valence-electron chi connectivity index (χ2n) is 3.68. The van der Waals surface area contributed by atoms with Crippen LogP contribution in [0.25, 0.3) is 0 Å². The minimum absolute atomic E-state index is 0.138. The molecule has 0 aliphatic rings. The highest BCUT2D eigenvalue weighted by Gasteiger charge is 2.27. The summed E-state index contributed by atoms with van der Waals surface area (Å²) in [5.74, 6) is 0.460. The van der Waals surface area contributed by atoms with Gasteiger partial charge in [-0.05, 0) is 12.1 Å². The summed E-state index contributed by atoms with van der Waals surface area (Å²) < 4.78 is 41.3. The van der Waals surface area contributed by atoms with Crippen molar-refractivity contribution in [3.8, 4) is 5.75 Å². The molecule has 0 unspecified atom stereocenters. The molecule has 1 aromatic rings. The fraction of sp³-hybridized carbons (Fsp3) is 0.455. The number of ether oxygens (including phenoxy) is 1. The van der Waals surface area contributed by atoms with Gasteiger partial charge in [0.05, 0.1) is 24.9 Å². The minimum Gasteiger partial charge on any atom is -0.495 e. The van der Waals surface area contributed by atoms with E-state index in [0.29, 0.717) is 17.1 Å². The zero-order valence-corrected chi connectivity index (χ0v) is 9.71. The summed E-state index contributed by atoms with van der Waals surface area (Å²) in [5, 5.41) is 0. The predicted octanol–water partition coefficient (Wildman–Crippen LogP) is 2.67. The number of hydrogen-bond donors (Lipinski definition) is 1. The first-order valence-electron chi connectivity index (χ1n) is 5.05. The standard InChI is InChI=1S/C11H15F3N2O/c1-16(7-6-11(12,13)14)8-4-3-5-9(17-2)10(8)15/h3-5H,6-7,15H2,1-2H3. The number of nitrogens with zero attached hydrogens (tertiary/aromatic N) is 1. The van der Waals surface area contributed by atoms with Crippen LogP contribution in [-0.2, 0) is 0 Å². The lowest BCUT2D eigenvalue weighted by molar-refractivity contribution is -0.132. The molecule has 0 bridgehead atoms. The van der Waals surface area contributed by atoms with Crippen molar-refractivity contribution < 1.29 is 17.9 Å². The van der Waals surface area contributed by atoms with Crippen LogP contribution in [0.15, 0.2) is 18.2 Å². The number of hydrogen-bond acceptors (Lipinski definition) is 3. The molecule has 1 aromatic carbocycles. The lowest BCUT2D eigenvalue weighted by Gasteiger charge is -2.22. The van der Waals surface area contributed by atoms with Gasteiger partial charge in [-0.2, -0.15) is 13.2 Å². The maximum atomic E-state index is 12.1. The molecule has 3 nitrogen and oxygen atoms in total. The normalized spacial score (nSPS) is 11.4. The maximum Gasteiger partial charge on any atom is 0.390 e. The van der Waals surface area contributed by atoms with E-state index in [1.807, 2.05) is 0 Å². The van der Waals surface area contributed by atoms with Crippen molar-refractivity contribution in [1.29, 1.82) is 0 Å². The van der Waals surface area contributed by atoms with E-state index in [2.05, 4.69) is 0 Å². The van der Waals surface area contributed by atoms with Crippen molar-refractivity contribution in [1.82, 2.24) is 0 Å². The molecule has 0 aliphatic carbocycles. The summed E-state index contributed by atoms with van der Waals surface area (Å²) in [4.78, 5) is 1.46. The topological polar surface area (TPSA) is 38.5 Å². The number of alkyl halides is 3. The van der Waals surface area contributed by atoms with Crippen LogP contribution in [-0.4, -0.2) is 26.9 Å². The van der Waals surface area contributed by atoms with E-state index in [-0.39, 0.29) is 6.54 Å². The van der Waals surface area contributed by atoms with Crippen LogP contribution in [0, 0.1) is 0 Å². The Morgan fingerprint density at radius 1 is 1.35 bits per heavy atom. The first kappa shape index (κ1) is 13.5. The number of benzene rings is 1. The van der Waals surface area contributed by atoms with E-state index in [4.69, 9.17) is 10.5 Å². The minimum atomic E-state index is -4.16. The van der Waals surface area contributed by atoms with Gasteiger partial charge in [0.15, 0.2) is 0 Å². The Hall–Kier alpha value is -1.59. The highest BCUT2D eigenvalue weighted by Crippen LogP contribution is 2.32. The fourth-order valence-corrected chi connectivity index (χ4v) is 1.46. The number of para-hydroxylation sites is 1. The molecule has 0 aliphatic heterocycles. The van der Waals surface area contributed by atoms with Crippen molar-refractivity contribution >= 4 is 11.4 Å².